The summed E-state index contributed by atoms with van der Waals surface area (Å²) in [5.74, 6) is -0.0657. The summed E-state index contributed by atoms with van der Waals surface area (Å²) in [6.45, 7) is 6.35. The van der Waals surface area contributed by atoms with Crippen molar-refractivity contribution in [3.05, 3.63) is 0 Å². The van der Waals surface area contributed by atoms with Gasteiger partial charge in [0.1, 0.15) is 0 Å². The number of amides is 1. The molecule has 0 aromatic carbocycles. The molecule has 3 heteroatoms. The Labute approximate surface area is 81.1 Å². The lowest BCUT2D eigenvalue weighted by atomic mass is 10.1. The Morgan fingerprint density at radius 2 is 1.92 bits per heavy atom. The second-order valence-electron chi connectivity index (χ2n) is 4.04. The monoisotopic (exact) mass is 186 g/mol. The summed E-state index contributed by atoms with van der Waals surface area (Å²) < 4.78 is 0. The van der Waals surface area contributed by atoms with Crippen LogP contribution in [0, 0.1) is 0 Å². The van der Waals surface area contributed by atoms with Crippen molar-refractivity contribution < 1.29 is 4.79 Å². The van der Waals surface area contributed by atoms with Gasteiger partial charge >= 0.3 is 0 Å². The zero-order valence-corrected chi connectivity index (χ0v) is 9.02. The summed E-state index contributed by atoms with van der Waals surface area (Å²) in [5.41, 5.74) is 4.86. The zero-order valence-electron chi connectivity index (χ0n) is 9.02. The highest BCUT2D eigenvalue weighted by atomic mass is 16.2. The van der Waals surface area contributed by atoms with Crippen LogP contribution in [-0.4, -0.2) is 18.0 Å². The van der Waals surface area contributed by atoms with E-state index in [0.29, 0.717) is 0 Å². The lowest BCUT2D eigenvalue weighted by molar-refractivity contribution is -0.125. The fourth-order valence-corrected chi connectivity index (χ4v) is 0.982. The maximum atomic E-state index is 11.3. The van der Waals surface area contributed by atoms with Crippen LogP contribution in [0.4, 0.5) is 0 Å². The van der Waals surface area contributed by atoms with E-state index in [-0.39, 0.29) is 5.91 Å². The Hall–Kier alpha value is -0.570. The first-order valence-electron chi connectivity index (χ1n) is 5.05. The summed E-state index contributed by atoms with van der Waals surface area (Å²) in [6, 6.07) is 0. The number of carbonyl (C=O) groups excluding carboxylic acids is 1. The zero-order chi connectivity index (χ0) is 10.3. The average Bonchev–Trinajstić information content (AvgIpc) is 2.02. The van der Waals surface area contributed by atoms with Gasteiger partial charge < -0.3 is 11.1 Å². The van der Waals surface area contributed by atoms with Crippen LogP contribution >= 0.6 is 0 Å². The van der Waals surface area contributed by atoms with Crippen LogP contribution in [-0.2, 0) is 4.79 Å². The van der Waals surface area contributed by atoms with Gasteiger partial charge in [-0.25, -0.2) is 0 Å². The average molecular weight is 186 g/mol. The highest BCUT2D eigenvalue weighted by Gasteiger charge is 2.20. The van der Waals surface area contributed by atoms with Gasteiger partial charge in [0.25, 0.3) is 0 Å². The van der Waals surface area contributed by atoms with Crippen molar-refractivity contribution in [1.29, 1.82) is 0 Å². The molecular formula is C10H22N2O. The van der Waals surface area contributed by atoms with Gasteiger partial charge in [-0.05, 0) is 20.3 Å². The molecule has 0 atom stereocenters. The number of hydrogen-bond donors (Lipinski definition) is 2. The van der Waals surface area contributed by atoms with Crippen molar-refractivity contribution in [2.45, 2.75) is 52.0 Å². The van der Waals surface area contributed by atoms with Crippen molar-refractivity contribution in [3.63, 3.8) is 0 Å². The minimum atomic E-state index is -0.745. The Morgan fingerprint density at radius 1 is 1.31 bits per heavy atom. The molecule has 0 heterocycles. The fraction of sp³-hybridized carbons (Fsp3) is 0.900. The van der Waals surface area contributed by atoms with Crippen LogP contribution in [0.1, 0.15) is 46.5 Å². The van der Waals surface area contributed by atoms with E-state index < -0.39 is 5.54 Å². The van der Waals surface area contributed by atoms with E-state index in [2.05, 4.69) is 12.2 Å². The maximum Gasteiger partial charge on any atom is 0.239 e. The number of rotatable bonds is 6. The van der Waals surface area contributed by atoms with Crippen molar-refractivity contribution in [2.24, 2.45) is 5.73 Å². The predicted molar refractivity (Wildman–Crippen MR) is 55.4 cm³/mol. The minimum absolute atomic E-state index is 0.0657. The van der Waals surface area contributed by atoms with Gasteiger partial charge in [0.05, 0.1) is 5.54 Å². The molecule has 0 unspecified atom stereocenters. The molecular weight excluding hydrogens is 164 g/mol. The molecule has 0 saturated heterocycles. The van der Waals surface area contributed by atoms with E-state index in [4.69, 9.17) is 5.73 Å². The van der Waals surface area contributed by atoms with E-state index in [1.165, 1.54) is 19.3 Å². The molecule has 0 aliphatic rings. The lowest BCUT2D eigenvalue weighted by Gasteiger charge is -2.17. The maximum absolute atomic E-state index is 11.3. The van der Waals surface area contributed by atoms with Crippen molar-refractivity contribution in [1.82, 2.24) is 5.32 Å². The molecule has 0 aromatic rings. The van der Waals surface area contributed by atoms with E-state index in [1.54, 1.807) is 13.8 Å². The van der Waals surface area contributed by atoms with Gasteiger partial charge in [0, 0.05) is 6.54 Å². The van der Waals surface area contributed by atoms with Crippen molar-refractivity contribution >= 4 is 5.91 Å². The first kappa shape index (κ1) is 12.4. The summed E-state index contributed by atoms with van der Waals surface area (Å²) in [5, 5.41) is 2.82. The van der Waals surface area contributed by atoms with E-state index in [1.807, 2.05) is 0 Å². The fourth-order valence-electron chi connectivity index (χ4n) is 0.982. The number of carbonyl (C=O) groups is 1. The van der Waals surface area contributed by atoms with Crippen LogP contribution in [0.5, 0.6) is 0 Å². The number of hydrogen-bond acceptors (Lipinski definition) is 2. The molecule has 0 aromatic heterocycles. The van der Waals surface area contributed by atoms with Gasteiger partial charge in [0.15, 0.2) is 0 Å². The van der Waals surface area contributed by atoms with Crippen molar-refractivity contribution in [2.75, 3.05) is 6.54 Å². The molecule has 1 amide bonds. The number of nitrogens with one attached hydrogen (secondary N) is 1. The SMILES string of the molecule is CCCCCCNC(=O)C(C)(C)N. The summed E-state index contributed by atoms with van der Waals surface area (Å²) in [7, 11) is 0. The van der Waals surface area contributed by atoms with E-state index in [0.717, 1.165) is 13.0 Å². The first-order valence-corrected chi connectivity index (χ1v) is 5.05. The molecule has 0 aliphatic carbocycles. The summed E-state index contributed by atoms with van der Waals surface area (Å²) >= 11 is 0. The Balaban J connectivity index is 3.38. The van der Waals surface area contributed by atoms with Crippen LogP contribution < -0.4 is 11.1 Å². The van der Waals surface area contributed by atoms with E-state index in [9.17, 15) is 4.79 Å². The Morgan fingerprint density at radius 3 is 2.38 bits per heavy atom. The van der Waals surface area contributed by atoms with Gasteiger partial charge in [0.2, 0.25) is 5.91 Å². The normalized spacial score (nSPS) is 11.4. The number of unbranched alkanes of at least 4 members (excludes halogenated alkanes) is 3. The highest BCUT2D eigenvalue weighted by Crippen LogP contribution is 1.99. The van der Waals surface area contributed by atoms with Crippen molar-refractivity contribution in [3.8, 4) is 0 Å². The molecule has 3 N–H and O–H groups in total. The first-order chi connectivity index (χ1) is 5.98. The van der Waals surface area contributed by atoms with Gasteiger partial charge in [-0.2, -0.15) is 0 Å². The smallest absolute Gasteiger partial charge is 0.239 e. The molecule has 0 rings (SSSR count). The largest absolute Gasteiger partial charge is 0.355 e. The van der Waals surface area contributed by atoms with Crippen LogP contribution in [0.2, 0.25) is 0 Å². The molecule has 78 valence electrons. The van der Waals surface area contributed by atoms with Gasteiger partial charge in [-0.3, -0.25) is 4.79 Å². The second kappa shape index (κ2) is 5.97. The lowest BCUT2D eigenvalue weighted by Crippen LogP contribution is -2.49. The quantitative estimate of drug-likeness (QED) is 0.616. The molecule has 0 spiro atoms. The molecule has 0 fully saturated rings. The Bertz CT molecular complexity index is 149. The topological polar surface area (TPSA) is 55.1 Å². The van der Waals surface area contributed by atoms with Gasteiger partial charge in [-0.15, -0.1) is 0 Å². The van der Waals surface area contributed by atoms with Gasteiger partial charge in [-0.1, -0.05) is 26.2 Å². The van der Waals surface area contributed by atoms with Crippen LogP contribution in [0.3, 0.4) is 0 Å². The molecule has 0 radical (unpaired) electrons. The predicted octanol–water partition coefficient (Wildman–Crippen LogP) is 1.42. The molecule has 0 aliphatic heterocycles. The number of nitrogens with two attached hydrogens (primary N) is 1. The highest BCUT2D eigenvalue weighted by molar-refractivity contribution is 5.84. The second-order valence-corrected chi connectivity index (χ2v) is 4.04. The third kappa shape index (κ3) is 6.58. The van der Waals surface area contributed by atoms with E-state index >= 15 is 0 Å². The van der Waals surface area contributed by atoms with Crippen LogP contribution in [0.25, 0.3) is 0 Å². The standard InChI is InChI=1S/C10H22N2O/c1-4-5-6-7-8-12-9(13)10(2,3)11/h4-8,11H2,1-3H3,(H,12,13). The third-order valence-electron chi connectivity index (χ3n) is 1.90. The molecule has 0 bridgehead atoms. The molecule has 13 heavy (non-hydrogen) atoms. The summed E-state index contributed by atoms with van der Waals surface area (Å²) in [4.78, 5) is 11.3. The Kier molecular flexibility index (Phi) is 5.71. The minimum Gasteiger partial charge on any atom is -0.355 e. The molecule has 3 nitrogen and oxygen atoms in total. The summed E-state index contributed by atoms with van der Waals surface area (Å²) in [6.07, 6.45) is 4.69. The third-order valence-corrected chi connectivity index (χ3v) is 1.90. The van der Waals surface area contributed by atoms with Crippen LogP contribution in [0.15, 0.2) is 0 Å². The molecule has 0 saturated carbocycles.